The number of halogens is 1. The lowest BCUT2D eigenvalue weighted by Gasteiger charge is -2.20. The van der Waals surface area contributed by atoms with Crippen molar-refractivity contribution < 1.29 is 9.47 Å². The smallest absolute Gasteiger partial charge is 0.191 e. The van der Waals surface area contributed by atoms with Gasteiger partial charge in [0.05, 0.1) is 25.3 Å². The number of aryl methyl sites for hydroxylation is 1. The zero-order chi connectivity index (χ0) is 18.9. The summed E-state index contributed by atoms with van der Waals surface area (Å²) in [7, 11) is 3.34. The topological polar surface area (TPSA) is 67.8 Å². The molecule has 8 heteroatoms. The maximum absolute atomic E-state index is 5.49. The summed E-state index contributed by atoms with van der Waals surface area (Å²) in [5.41, 5.74) is 1.02. The number of aromatic nitrogens is 1. The molecule has 0 saturated heterocycles. The Morgan fingerprint density at radius 2 is 2.07 bits per heavy atom. The molecule has 1 heterocycles. The Kier molecular flexibility index (Phi) is 10.5. The van der Waals surface area contributed by atoms with Crippen LogP contribution in [-0.2, 0) is 6.42 Å². The van der Waals surface area contributed by atoms with E-state index in [0.717, 1.165) is 41.0 Å². The van der Waals surface area contributed by atoms with Crippen LogP contribution in [0.4, 0.5) is 0 Å². The third kappa shape index (κ3) is 7.17. The Balaban J connectivity index is 0.00000364. The number of hydrogen-bond donors (Lipinski definition) is 2. The maximum Gasteiger partial charge on any atom is 0.191 e. The number of ether oxygens (including phenoxy) is 2. The molecular weight excluding hydrogens is 475 g/mol. The third-order valence-corrected chi connectivity index (χ3v) is 4.84. The van der Waals surface area contributed by atoms with Gasteiger partial charge in [-0.25, -0.2) is 4.98 Å². The van der Waals surface area contributed by atoms with E-state index in [1.165, 1.54) is 4.88 Å². The minimum atomic E-state index is 0. The summed E-state index contributed by atoms with van der Waals surface area (Å²) < 4.78 is 10.8. The lowest BCUT2D eigenvalue weighted by Crippen LogP contribution is -2.39. The Morgan fingerprint density at radius 1 is 1.30 bits per heavy atom. The fourth-order valence-corrected chi connectivity index (χ4v) is 3.34. The molecule has 2 rings (SSSR count). The number of methoxy groups -OCH3 is 2. The van der Waals surface area contributed by atoms with Crippen LogP contribution in [0.15, 0.2) is 29.4 Å². The van der Waals surface area contributed by atoms with E-state index >= 15 is 0 Å². The van der Waals surface area contributed by atoms with Crippen LogP contribution in [0, 0.1) is 6.92 Å². The SMILES string of the molecule is CCNC(=NCCc1ncc(C)s1)NC(C)c1cc(OC)ccc1OC.I. The van der Waals surface area contributed by atoms with Crippen LogP contribution in [-0.4, -0.2) is 38.3 Å². The van der Waals surface area contributed by atoms with Crippen molar-refractivity contribution in [2.75, 3.05) is 27.3 Å². The molecule has 0 aliphatic heterocycles. The lowest BCUT2D eigenvalue weighted by molar-refractivity contribution is 0.394. The van der Waals surface area contributed by atoms with E-state index in [1.54, 1.807) is 25.6 Å². The summed E-state index contributed by atoms with van der Waals surface area (Å²) in [6.45, 7) is 7.68. The van der Waals surface area contributed by atoms with Gasteiger partial charge in [0.1, 0.15) is 11.5 Å². The molecule has 2 N–H and O–H groups in total. The minimum absolute atomic E-state index is 0. The van der Waals surface area contributed by atoms with E-state index in [-0.39, 0.29) is 30.0 Å². The van der Waals surface area contributed by atoms with Crippen molar-refractivity contribution in [1.29, 1.82) is 0 Å². The molecule has 1 unspecified atom stereocenters. The first-order chi connectivity index (χ1) is 12.6. The van der Waals surface area contributed by atoms with Crippen LogP contribution in [0.3, 0.4) is 0 Å². The van der Waals surface area contributed by atoms with Crippen LogP contribution in [0.25, 0.3) is 0 Å². The van der Waals surface area contributed by atoms with E-state index in [4.69, 9.17) is 9.47 Å². The van der Waals surface area contributed by atoms with Crippen molar-refractivity contribution in [3.63, 3.8) is 0 Å². The van der Waals surface area contributed by atoms with Gasteiger partial charge in [-0.15, -0.1) is 35.3 Å². The largest absolute Gasteiger partial charge is 0.497 e. The van der Waals surface area contributed by atoms with E-state index in [2.05, 4.69) is 41.4 Å². The number of nitrogens with zero attached hydrogens (tertiary/aromatic N) is 2. The van der Waals surface area contributed by atoms with Gasteiger partial charge in [-0.05, 0) is 39.0 Å². The molecular formula is C19H29IN4O2S. The van der Waals surface area contributed by atoms with Crippen LogP contribution >= 0.6 is 35.3 Å². The van der Waals surface area contributed by atoms with Gasteiger partial charge < -0.3 is 20.1 Å². The number of aliphatic imine (C=N–C) groups is 1. The fraction of sp³-hybridized carbons (Fsp3) is 0.474. The number of benzene rings is 1. The highest BCUT2D eigenvalue weighted by Gasteiger charge is 2.14. The van der Waals surface area contributed by atoms with Gasteiger partial charge in [0, 0.05) is 36.1 Å². The van der Waals surface area contributed by atoms with Gasteiger partial charge in [0.25, 0.3) is 0 Å². The van der Waals surface area contributed by atoms with Crippen LogP contribution < -0.4 is 20.1 Å². The number of rotatable bonds is 8. The predicted molar refractivity (Wildman–Crippen MR) is 123 cm³/mol. The average Bonchev–Trinajstić information content (AvgIpc) is 3.06. The first-order valence-electron chi connectivity index (χ1n) is 8.75. The van der Waals surface area contributed by atoms with Gasteiger partial charge >= 0.3 is 0 Å². The van der Waals surface area contributed by atoms with Crippen LogP contribution in [0.1, 0.15) is 35.3 Å². The van der Waals surface area contributed by atoms with Gasteiger partial charge in [-0.2, -0.15) is 0 Å². The molecule has 1 aromatic carbocycles. The van der Waals surface area contributed by atoms with Crippen molar-refractivity contribution >= 4 is 41.3 Å². The normalized spacial score (nSPS) is 12.1. The number of hydrogen-bond acceptors (Lipinski definition) is 5. The van der Waals surface area contributed by atoms with Crippen LogP contribution in [0.5, 0.6) is 11.5 Å². The second-order valence-corrected chi connectivity index (χ2v) is 7.17. The Hall–Kier alpha value is -1.55. The van der Waals surface area contributed by atoms with Crippen molar-refractivity contribution in [3.8, 4) is 11.5 Å². The molecule has 1 atom stereocenters. The third-order valence-electron chi connectivity index (χ3n) is 3.87. The molecule has 0 amide bonds. The summed E-state index contributed by atoms with van der Waals surface area (Å²) in [5.74, 6) is 2.40. The summed E-state index contributed by atoms with van der Waals surface area (Å²) >= 11 is 1.72. The van der Waals surface area contributed by atoms with E-state index in [9.17, 15) is 0 Å². The Bertz CT molecular complexity index is 736. The summed E-state index contributed by atoms with van der Waals surface area (Å²) in [6.07, 6.45) is 2.75. The van der Waals surface area contributed by atoms with E-state index < -0.39 is 0 Å². The van der Waals surface area contributed by atoms with Crippen molar-refractivity contribution in [1.82, 2.24) is 15.6 Å². The molecule has 2 aromatic rings. The number of thiazole rings is 1. The molecule has 0 radical (unpaired) electrons. The zero-order valence-electron chi connectivity index (χ0n) is 16.5. The monoisotopic (exact) mass is 504 g/mol. The summed E-state index contributed by atoms with van der Waals surface area (Å²) in [5, 5.41) is 7.84. The van der Waals surface area contributed by atoms with Crippen molar-refractivity contribution in [3.05, 3.63) is 39.8 Å². The van der Waals surface area contributed by atoms with E-state index in [0.29, 0.717) is 6.54 Å². The molecule has 150 valence electrons. The zero-order valence-corrected chi connectivity index (χ0v) is 19.7. The van der Waals surface area contributed by atoms with E-state index in [1.807, 2.05) is 24.4 Å². The van der Waals surface area contributed by atoms with Gasteiger partial charge in [0.2, 0.25) is 0 Å². The summed E-state index contributed by atoms with van der Waals surface area (Å²) in [4.78, 5) is 10.3. The molecule has 0 aliphatic rings. The second kappa shape index (κ2) is 12.0. The molecule has 0 aliphatic carbocycles. The van der Waals surface area contributed by atoms with Gasteiger partial charge in [0.15, 0.2) is 5.96 Å². The van der Waals surface area contributed by atoms with Gasteiger partial charge in [-0.3, -0.25) is 4.99 Å². The van der Waals surface area contributed by atoms with Gasteiger partial charge in [-0.1, -0.05) is 0 Å². The first-order valence-corrected chi connectivity index (χ1v) is 9.57. The van der Waals surface area contributed by atoms with Crippen LogP contribution in [0.2, 0.25) is 0 Å². The minimum Gasteiger partial charge on any atom is -0.497 e. The first kappa shape index (κ1) is 23.5. The highest BCUT2D eigenvalue weighted by molar-refractivity contribution is 14.0. The number of guanidine groups is 1. The molecule has 1 aromatic heterocycles. The molecule has 6 nitrogen and oxygen atoms in total. The molecule has 27 heavy (non-hydrogen) atoms. The molecule has 0 bridgehead atoms. The predicted octanol–water partition coefficient (Wildman–Crippen LogP) is 3.95. The summed E-state index contributed by atoms with van der Waals surface area (Å²) in [6, 6.07) is 5.81. The van der Waals surface area contributed by atoms with Crippen molar-refractivity contribution in [2.45, 2.75) is 33.2 Å². The Morgan fingerprint density at radius 3 is 2.67 bits per heavy atom. The second-order valence-electron chi connectivity index (χ2n) is 5.85. The van der Waals surface area contributed by atoms with Crippen molar-refractivity contribution in [2.24, 2.45) is 4.99 Å². The average molecular weight is 504 g/mol. The highest BCUT2D eigenvalue weighted by atomic mass is 127. The molecule has 0 saturated carbocycles. The molecule has 0 fully saturated rings. The maximum atomic E-state index is 5.49. The fourth-order valence-electron chi connectivity index (χ4n) is 2.56. The highest BCUT2D eigenvalue weighted by Crippen LogP contribution is 2.29. The lowest BCUT2D eigenvalue weighted by atomic mass is 10.1. The number of nitrogens with one attached hydrogen (secondary N) is 2. The Labute approximate surface area is 182 Å². The molecule has 0 spiro atoms. The quantitative estimate of drug-likeness (QED) is 0.324. The standard InChI is InChI=1S/C19H28N4O2S.HI/c1-6-20-19(21-10-9-18-22-12-13(2)26-18)23-14(3)16-11-15(24-4)7-8-17(16)25-5;/h7-8,11-12,14H,6,9-10H2,1-5H3,(H2,20,21,23);1H.